The van der Waals surface area contributed by atoms with E-state index in [0.717, 1.165) is 30.7 Å². The van der Waals surface area contributed by atoms with E-state index in [-0.39, 0.29) is 17.9 Å². The maximum absolute atomic E-state index is 12.0. The molecule has 0 fully saturated rings. The summed E-state index contributed by atoms with van der Waals surface area (Å²) in [4.78, 5) is 12.0. The first-order valence-corrected chi connectivity index (χ1v) is 6.63. The van der Waals surface area contributed by atoms with Crippen molar-refractivity contribution in [2.45, 2.75) is 53.0 Å². The van der Waals surface area contributed by atoms with Crippen LogP contribution in [0.2, 0.25) is 0 Å². The first-order chi connectivity index (χ1) is 8.41. The zero-order chi connectivity index (χ0) is 13.7. The minimum Gasteiger partial charge on any atom is -0.328 e. The summed E-state index contributed by atoms with van der Waals surface area (Å²) in [6.45, 7) is 7.92. The molecule has 0 aromatic carbocycles. The van der Waals surface area contributed by atoms with Crippen molar-refractivity contribution in [3.63, 3.8) is 0 Å². The van der Waals surface area contributed by atoms with Crippen molar-refractivity contribution in [3.8, 4) is 0 Å². The molecule has 0 bridgehead atoms. The quantitative estimate of drug-likeness (QED) is 0.815. The molecule has 102 valence electrons. The molecule has 1 heterocycles. The van der Waals surface area contributed by atoms with Crippen LogP contribution in [0.25, 0.3) is 0 Å². The number of rotatable bonds is 6. The fourth-order valence-corrected chi connectivity index (χ4v) is 1.94. The number of hydrogen-bond donors (Lipinski definition) is 2. The Morgan fingerprint density at radius 2 is 1.83 bits per heavy atom. The average Bonchev–Trinajstić information content (AvgIpc) is 2.60. The highest BCUT2D eigenvalue weighted by Gasteiger charge is 2.14. The van der Waals surface area contributed by atoms with Gasteiger partial charge in [-0.05, 0) is 45.7 Å². The van der Waals surface area contributed by atoms with E-state index >= 15 is 0 Å². The van der Waals surface area contributed by atoms with Crippen LogP contribution in [-0.4, -0.2) is 16.6 Å². The third-order valence-electron chi connectivity index (χ3n) is 3.24. The predicted molar refractivity (Wildman–Crippen MR) is 74.9 cm³/mol. The van der Waals surface area contributed by atoms with Gasteiger partial charge in [0.2, 0.25) is 5.91 Å². The molecule has 0 spiro atoms. The zero-order valence-electron chi connectivity index (χ0n) is 11.9. The van der Waals surface area contributed by atoms with E-state index in [0.29, 0.717) is 0 Å². The molecule has 1 aromatic rings. The lowest BCUT2D eigenvalue weighted by Gasteiger charge is -2.16. The van der Waals surface area contributed by atoms with Gasteiger partial charge in [0, 0.05) is 23.3 Å². The second-order valence-corrected chi connectivity index (χ2v) is 5.24. The highest BCUT2D eigenvalue weighted by atomic mass is 16.2. The molecule has 0 aliphatic rings. The third-order valence-corrected chi connectivity index (χ3v) is 3.24. The molecule has 4 nitrogen and oxygen atoms in total. The Morgan fingerprint density at radius 1 is 1.28 bits per heavy atom. The lowest BCUT2D eigenvalue weighted by molar-refractivity contribution is -0.120. The van der Waals surface area contributed by atoms with E-state index in [1.54, 1.807) is 0 Å². The minimum absolute atomic E-state index is 0.0185. The van der Waals surface area contributed by atoms with Crippen LogP contribution < -0.4 is 11.2 Å². The van der Waals surface area contributed by atoms with Crippen molar-refractivity contribution in [1.82, 2.24) is 4.68 Å². The van der Waals surface area contributed by atoms with Crippen LogP contribution >= 0.6 is 0 Å². The van der Waals surface area contributed by atoms with Gasteiger partial charge in [-0.3, -0.25) is 14.9 Å². The number of carbonyl (C=O) groups excluding carboxylic acids is 1. The van der Waals surface area contributed by atoms with Gasteiger partial charge >= 0.3 is 0 Å². The Bertz CT molecular complexity index is 376. The van der Waals surface area contributed by atoms with Crippen LogP contribution in [0.1, 0.15) is 44.5 Å². The highest BCUT2D eigenvalue weighted by Crippen LogP contribution is 2.11. The van der Waals surface area contributed by atoms with Gasteiger partial charge in [0.15, 0.2) is 0 Å². The number of nitrogens with zero attached hydrogens (tertiary/aromatic N) is 1. The molecule has 2 unspecified atom stereocenters. The molecule has 2 atom stereocenters. The molecule has 0 saturated heterocycles. The largest absolute Gasteiger partial charge is 0.328 e. The van der Waals surface area contributed by atoms with E-state index in [2.05, 4.69) is 5.43 Å². The monoisotopic (exact) mass is 251 g/mol. The summed E-state index contributed by atoms with van der Waals surface area (Å²) in [5.74, 6) is 0.0898. The molecule has 0 radical (unpaired) electrons. The van der Waals surface area contributed by atoms with Gasteiger partial charge in [-0.15, -0.1) is 0 Å². The van der Waals surface area contributed by atoms with Crippen molar-refractivity contribution in [2.75, 3.05) is 5.43 Å². The SMILES string of the molecule is Cc1ccc(C)n1NC(=O)C(C)CCCC(C)N. The van der Waals surface area contributed by atoms with E-state index < -0.39 is 0 Å². The van der Waals surface area contributed by atoms with Crippen molar-refractivity contribution >= 4 is 5.91 Å². The Hall–Kier alpha value is -1.29. The van der Waals surface area contributed by atoms with E-state index in [1.165, 1.54) is 0 Å². The molecule has 0 aliphatic carbocycles. The van der Waals surface area contributed by atoms with Gasteiger partial charge in [0.05, 0.1) is 0 Å². The lowest BCUT2D eigenvalue weighted by atomic mass is 10.0. The van der Waals surface area contributed by atoms with Gasteiger partial charge in [-0.2, -0.15) is 0 Å². The summed E-state index contributed by atoms with van der Waals surface area (Å²) >= 11 is 0. The molecule has 1 aromatic heterocycles. The number of hydrogen-bond acceptors (Lipinski definition) is 2. The summed E-state index contributed by atoms with van der Waals surface area (Å²) in [5.41, 5.74) is 10.7. The second kappa shape index (κ2) is 6.59. The van der Waals surface area contributed by atoms with Crippen molar-refractivity contribution < 1.29 is 4.79 Å². The molecule has 1 rings (SSSR count). The van der Waals surface area contributed by atoms with Gasteiger partial charge in [-0.25, -0.2) is 0 Å². The Morgan fingerprint density at radius 3 is 2.33 bits per heavy atom. The number of nitrogens with one attached hydrogen (secondary N) is 1. The number of nitrogens with two attached hydrogens (primary N) is 1. The number of aromatic nitrogens is 1. The molecule has 0 saturated carbocycles. The lowest BCUT2D eigenvalue weighted by Crippen LogP contribution is -2.29. The molecular formula is C14H25N3O. The van der Waals surface area contributed by atoms with E-state index in [9.17, 15) is 4.79 Å². The molecule has 4 heteroatoms. The van der Waals surface area contributed by atoms with Gasteiger partial charge in [-0.1, -0.05) is 13.3 Å². The maximum atomic E-state index is 12.0. The zero-order valence-corrected chi connectivity index (χ0v) is 11.9. The van der Waals surface area contributed by atoms with Crippen LogP contribution in [0.3, 0.4) is 0 Å². The average molecular weight is 251 g/mol. The summed E-state index contributed by atoms with van der Waals surface area (Å²) in [7, 11) is 0. The summed E-state index contributed by atoms with van der Waals surface area (Å²) < 4.78 is 1.84. The van der Waals surface area contributed by atoms with Gasteiger partial charge < -0.3 is 5.73 Å². The first kappa shape index (κ1) is 14.8. The second-order valence-electron chi connectivity index (χ2n) is 5.24. The Kier molecular flexibility index (Phi) is 5.41. The normalized spacial score (nSPS) is 14.3. The topological polar surface area (TPSA) is 60.0 Å². The van der Waals surface area contributed by atoms with Crippen LogP contribution in [0.4, 0.5) is 0 Å². The fraction of sp³-hybridized carbons (Fsp3) is 0.643. The van der Waals surface area contributed by atoms with E-state index in [1.807, 2.05) is 44.5 Å². The summed E-state index contributed by atoms with van der Waals surface area (Å²) in [6.07, 6.45) is 2.85. The van der Waals surface area contributed by atoms with E-state index in [4.69, 9.17) is 5.73 Å². The van der Waals surface area contributed by atoms with Crippen molar-refractivity contribution in [1.29, 1.82) is 0 Å². The summed E-state index contributed by atoms with van der Waals surface area (Å²) in [5, 5.41) is 0. The molecule has 0 aliphatic heterocycles. The summed E-state index contributed by atoms with van der Waals surface area (Å²) in [6, 6.07) is 4.21. The first-order valence-electron chi connectivity index (χ1n) is 6.63. The standard InChI is InChI=1S/C14H25N3O/c1-10(6-5-7-11(2)15)14(18)16-17-12(3)8-9-13(17)4/h8-11H,5-7,15H2,1-4H3,(H,16,18). The smallest absolute Gasteiger partial charge is 0.241 e. The van der Waals surface area contributed by atoms with Crippen LogP contribution in [-0.2, 0) is 4.79 Å². The minimum atomic E-state index is 0.0185. The molecule has 18 heavy (non-hydrogen) atoms. The fourth-order valence-electron chi connectivity index (χ4n) is 1.94. The van der Waals surface area contributed by atoms with Crippen molar-refractivity contribution in [3.05, 3.63) is 23.5 Å². The third kappa shape index (κ3) is 4.18. The molecule has 1 amide bonds. The van der Waals surface area contributed by atoms with Crippen LogP contribution in [0, 0.1) is 19.8 Å². The number of amides is 1. The highest BCUT2D eigenvalue weighted by molar-refractivity contribution is 5.85. The van der Waals surface area contributed by atoms with Crippen LogP contribution in [0.5, 0.6) is 0 Å². The maximum Gasteiger partial charge on any atom is 0.241 e. The number of carbonyl (C=O) groups is 1. The Labute approximate surface area is 110 Å². The molecule has 3 N–H and O–H groups in total. The molecular weight excluding hydrogens is 226 g/mol. The number of aryl methyl sites for hydroxylation is 2. The van der Waals surface area contributed by atoms with Crippen LogP contribution in [0.15, 0.2) is 12.1 Å². The van der Waals surface area contributed by atoms with Gasteiger partial charge in [0.25, 0.3) is 0 Å². The van der Waals surface area contributed by atoms with Gasteiger partial charge in [0.1, 0.15) is 0 Å². The predicted octanol–water partition coefficient (Wildman–Crippen LogP) is 2.33. The Balaban J connectivity index is 2.45. The van der Waals surface area contributed by atoms with Crippen molar-refractivity contribution in [2.24, 2.45) is 11.7 Å².